The van der Waals surface area contributed by atoms with Crippen molar-refractivity contribution in [1.82, 2.24) is 5.32 Å². The Morgan fingerprint density at radius 3 is 2.33 bits per heavy atom. The number of benzene rings is 2. The molecule has 0 amide bonds. The molecule has 21 heavy (non-hydrogen) atoms. The largest absolute Gasteiger partial charge is 0.394 e. The highest BCUT2D eigenvalue weighted by Gasteiger charge is 2.31. The van der Waals surface area contributed by atoms with Crippen LogP contribution in [0.4, 0.5) is 0 Å². The second-order valence-electron chi connectivity index (χ2n) is 5.73. The minimum Gasteiger partial charge on any atom is -0.394 e. The fourth-order valence-electron chi connectivity index (χ4n) is 2.99. The Balaban J connectivity index is 1.55. The summed E-state index contributed by atoms with van der Waals surface area (Å²) >= 11 is 3.47. The number of nitrogens with one attached hydrogen (secondary N) is 1. The van der Waals surface area contributed by atoms with Crippen LogP contribution in [0, 0.1) is 0 Å². The standard InChI is InChI=1S/C18H20BrNO/c19-16-8-6-13(7-9-16)15-10-17(11-15)20-18(12-21)14-4-2-1-3-5-14/h1-9,15,17-18,20-21H,10-12H2/t15?,17?,18-/m1/s1. The first kappa shape index (κ1) is 14.8. The fraction of sp³-hybridized carbons (Fsp3) is 0.333. The van der Waals surface area contributed by atoms with E-state index in [0.29, 0.717) is 12.0 Å². The van der Waals surface area contributed by atoms with Crippen LogP contribution in [0.15, 0.2) is 59.1 Å². The molecule has 1 fully saturated rings. The third-order valence-electron chi connectivity index (χ3n) is 4.30. The highest BCUT2D eigenvalue weighted by Crippen LogP contribution is 2.38. The number of aliphatic hydroxyl groups is 1. The van der Waals surface area contributed by atoms with Crippen LogP contribution in [-0.2, 0) is 0 Å². The Labute approximate surface area is 134 Å². The van der Waals surface area contributed by atoms with Crippen LogP contribution >= 0.6 is 15.9 Å². The number of halogens is 1. The molecule has 0 unspecified atom stereocenters. The molecule has 0 spiro atoms. The summed E-state index contributed by atoms with van der Waals surface area (Å²) in [6, 6.07) is 19.3. The molecule has 0 heterocycles. The van der Waals surface area contributed by atoms with Gasteiger partial charge in [-0.3, -0.25) is 0 Å². The molecule has 2 nitrogen and oxygen atoms in total. The third-order valence-corrected chi connectivity index (χ3v) is 4.83. The molecule has 1 saturated carbocycles. The summed E-state index contributed by atoms with van der Waals surface area (Å²) in [5.41, 5.74) is 2.57. The molecule has 2 aromatic rings. The van der Waals surface area contributed by atoms with Gasteiger partial charge in [0.1, 0.15) is 0 Å². The van der Waals surface area contributed by atoms with Crippen molar-refractivity contribution in [3.8, 4) is 0 Å². The smallest absolute Gasteiger partial charge is 0.0626 e. The molecular formula is C18H20BrNO. The van der Waals surface area contributed by atoms with E-state index in [0.717, 1.165) is 22.9 Å². The topological polar surface area (TPSA) is 32.3 Å². The predicted octanol–water partition coefficient (Wildman–Crippen LogP) is 4.02. The van der Waals surface area contributed by atoms with Crippen LogP contribution in [0.5, 0.6) is 0 Å². The maximum absolute atomic E-state index is 9.59. The van der Waals surface area contributed by atoms with E-state index in [9.17, 15) is 5.11 Å². The van der Waals surface area contributed by atoms with Crippen molar-refractivity contribution in [3.05, 3.63) is 70.2 Å². The lowest BCUT2D eigenvalue weighted by molar-refractivity contribution is 0.197. The van der Waals surface area contributed by atoms with Gasteiger partial charge >= 0.3 is 0 Å². The SMILES string of the molecule is OC[C@@H](NC1CC(c2ccc(Br)cc2)C1)c1ccccc1. The Hall–Kier alpha value is -1.16. The Bertz CT molecular complexity index is 564. The molecule has 110 valence electrons. The van der Waals surface area contributed by atoms with E-state index in [1.165, 1.54) is 5.56 Å². The quantitative estimate of drug-likeness (QED) is 0.857. The van der Waals surface area contributed by atoms with E-state index in [2.05, 4.69) is 57.6 Å². The average Bonchev–Trinajstić information content (AvgIpc) is 2.49. The van der Waals surface area contributed by atoms with E-state index >= 15 is 0 Å². The molecule has 2 N–H and O–H groups in total. The Morgan fingerprint density at radius 1 is 1.05 bits per heavy atom. The highest BCUT2D eigenvalue weighted by molar-refractivity contribution is 9.10. The molecule has 3 heteroatoms. The summed E-state index contributed by atoms with van der Waals surface area (Å²) in [5.74, 6) is 0.644. The summed E-state index contributed by atoms with van der Waals surface area (Å²) in [5, 5.41) is 13.2. The van der Waals surface area contributed by atoms with Gasteiger partial charge in [0.15, 0.2) is 0 Å². The Kier molecular flexibility index (Phi) is 4.73. The van der Waals surface area contributed by atoms with Crippen LogP contribution in [0.3, 0.4) is 0 Å². The molecule has 0 radical (unpaired) electrons. The maximum Gasteiger partial charge on any atom is 0.0626 e. The lowest BCUT2D eigenvalue weighted by atomic mass is 9.75. The van der Waals surface area contributed by atoms with Crippen molar-refractivity contribution in [1.29, 1.82) is 0 Å². The van der Waals surface area contributed by atoms with Crippen LogP contribution in [0.1, 0.15) is 35.9 Å². The van der Waals surface area contributed by atoms with Gasteiger partial charge in [-0.15, -0.1) is 0 Å². The van der Waals surface area contributed by atoms with Crippen LogP contribution < -0.4 is 5.32 Å². The van der Waals surface area contributed by atoms with Gasteiger partial charge in [-0.25, -0.2) is 0 Å². The zero-order chi connectivity index (χ0) is 14.7. The Morgan fingerprint density at radius 2 is 1.71 bits per heavy atom. The molecule has 0 bridgehead atoms. The minimum absolute atomic E-state index is 0.0436. The second-order valence-corrected chi connectivity index (χ2v) is 6.64. The first-order chi connectivity index (χ1) is 10.3. The van der Waals surface area contributed by atoms with Crippen molar-refractivity contribution in [3.63, 3.8) is 0 Å². The number of hydrogen-bond acceptors (Lipinski definition) is 2. The van der Waals surface area contributed by atoms with Gasteiger partial charge < -0.3 is 10.4 Å². The third kappa shape index (κ3) is 3.54. The highest BCUT2D eigenvalue weighted by atomic mass is 79.9. The van der Waals surface area contributed by atoms with Crippen molar-refractivity contribution in [2.75, 3.05) is 6.61 Å². The summed E-state index contributed by atoms with van der Waals surface area (Å²) in [7, 11) is 0. The summed E-state index contributed by atoms with van der Waals surface area (Å²) in [6.45, 7) is 0.142. The first-order valence-electron chi connectivity index (χ1n) is 7.43. The molecule has 1 aliphatic carbocycles. The van der Waals surface area contributed by atoms with Gasteiger partial charge in [0.2, 0.25) is 0 Å². The number of aliphatic hydroxyl groups excluding tert-OH is 1. The maximum atomic E-state index is 9.59. The first-order valence-corrected chi connectivity index (χ1v) is 8.23. The number of rotatable bonds is 5. The molecule has 0 saturated heterocycles. The molecule has 1 aliphatic rings. The van der Waals surface area contributed by atoms with Crippen molar-refractivity contribution >= 4 is 15.9 Å². The zero-order valence-electron chi connectivity index (χ0n) is 11.9. The zero-order valence-corrected chi connectivity index (χ0v) is 13.5. The van der Waals surface area contributed by atoms with Crippen molar-refractivity contribution < 1.29 is 5.11 Å². The van der Waals surface area contributed by atoms with Gasteiger partial charge in [0.25, 0.3) is 0 Å². The molecule has 1 atom stereocenters. The van der Waals surface area contributed by atoms with Crippen LogP contribution in [0.25, 0.3) is 0 Å². The van der Waals surface area contributed by atoms with E-state index in [1.807, 2.05) is 18.2 Å². The lowest BCUT2D eigenvalue weighted by Crippen LogP contribution is -2.43. The summed E-state index contributed by atoms with van der Waals surface area (Å²) in [6.07, 6.45) is 2.29. The number of hydrogen-bond donors (Lipinski definition) is 2. The minimum atomic E-state index is 0.0436. The fourth-order valence-corrected chi connectivity index (χ4v) is 3.25. The van der Waals surface area contributed by atoms with Crippen molar-refractivity contribution in [2.24, 2.45) is 0 Å². The van der Waals surface area contributed by atoms with Crippen LogP contribution in [-0.4, -0.2) is 17.8 Å². The van der Waals surface area contributed by atoms with E-state index in [1.54, 1.807) is 0 Å². The van der Waals surface area contributed by atoms with Gasteiger partial charge in [-0.1, -0.05) is 58.4 Å². The van der Waals surface area contributed by atoms with E-state index in [-0.39, 0.29) is 12.6 Å². The molecular weight excluding hydrogens is 326 g/mol. The molecule has 0 aliphatic heterocycles. The van der Waals surface area contributed by atoms with Crippen molar-refractivity contribution in [2.45, 2.75) is 30.8 Å². The van der Waals surface area contributed by atoms with Gasteiger partial charge in [0.05, 0.1) is 12.6 Å². The van der Waals surface area contributed by atoms with Gasteiger partial charge in [-0.05, 0) is 42.0 Å². The van der Waals surface area contributed by atoms with Crippen LogP contribution in [0.2, 0.25) is 0 Å². The summed E-state index contributed by atoms with van der Waals surface area (Å²) in [4.78, 5) is 0. The molecule has 2 aromatic carbocycles. The predicted molar refractivity (Wildman–Crippen MR) is 89.3 cm³/mol. The monoisotopic (exact) mass is 345 g/mol. The van der Waals surface area contributed by atoms with Gasteiger partial charge in [0, 0.05) is 10.5 Å². The van der Waals surface area contributed by atoms with Gasteiger partial charge in [-0.2, -0.15) is 0 Å². The second kappa shape index (κ2) is 6.73. The summed E-state index contributed by atoms with van der Waals surface area (Å²) < 4.78 is 1.13. The average molecular weight is 346 g/mol. The normalized spacial score (nSPS) is 22.6. The van der Waals surface area contributed by atoms with E-state index < -0.39 is 0 Å². The molecule has 0 aromatic heterocycles. The lowest BCUT2D eigenvalue weighted by Gasteiger charge is -2.38. The molecule has 3 rings (SSSR count). The van der Waals surface area contributed by atoms with E-state index in [4.69, 9.17) is 0 Å².